The number of benzene rings is 3. The number of nitrogens with two attached hydrogens (primary N) is 2. The van der Waals surface area contributed by atoms with Gasteiger partial charge in [-0.2, -0.15) is 0 Å². The fourth-order valence-electron chi connectivity index (χ4n) is 9.70. The van der Waals surface area contributed by atoms with Gasteiger partial charge in [0.2, 0.25) is 35.4 Å². The van der Waals surface area contributed by atoms with Crippen molar-refractivity contribution in [3.05, 3.63) is 100 Å². The number of ether oxygens (including phenoxy) is 1. The Morgan fingerprint density at radius 1 is 0.929 bits per heavy atom. The molecular weight excluding hydrogens is 909 g/mol. The van der Waals surface area contributed by atoms with Crippen LogP contribution in [0.2, 0.25) is 0 Å². The van der Waals surface area contributed by atoms with Crippen LogP contribution in [0, 0.1) is 12.3 Å². The summed E-state index contributed by atoms with van der Waals surface area (Å²) in [5, 5.41) is 19.7. The van der Waals surface area contributed by atoms with Crippen LogP contribution in [-0.2, 0) is 48.0 Å². The zero-order valence-corrected chi connectivity index (χ0v) is 41.7. The Balaban J connectivity index is 0.872. The number of aliphatic hydroxyl groups excluding tert-OH is 1. The molecular formula is C53H68N8O8S. The summed E-state index contributed by atoms with van der Waals surface area (Å²) in [5.74, 6) is -1.58. The summed E-state index contributed by atoms with van der Waals surface area (Å²) < 4.78 is 6.18. The van der Waals surface area contributed by atoms with E-state index in [1.165, 1.54) is 4.90 Å². The highest BCUT2D eigenvalue weighted by molar-refractivity contribution is 7.13. The number of β-amino-alcohol motifs (C(OH)–C–C–N with tert-alkyl or cyclic N) is 1. The van der Waals surface area contributed by atoms with Gasteiger partial charge in [-0.1, -0.05) is 81.8 Å². The second kappa shape index (κ2) is 22.7. The maximum Gasteiger partial charge on any atom is 0.246 e. The molecule has 0 spiro atoms. The van der Waals surface area contributed by atoms with Crippen LogP contribution in [0.4, 0.5) is 5.69 Å². The van der Waals surface area contributed by atoms with Crippen LogP contribution in [0.5, 0.6) is 5.75 Å². The highest BCUT2D eigenvalue weighted by Gasteiger charge is 2.45. The SMILES string of the molecule is Cc1ncsc1-c1ccc([C@H](C)NC(=O)[C@@H]2C[C@@H](O)CN2C(=O)[C@@H](NC(=O)CCCCCc2cccc(OC[C@H](CCC(N)=O)NC(=O)[C@@H]3Cc4cccc5c4N3C(=O)[C@@H](N)CC5)c2)C(C)(C)C)cc1. The second-order valence-corrected chi connectivity index (χ2v) is 21.0. The molecule has 7 rings (SSSR count). The predicted molar refractivity (Wildman–Crippen MR) is 269 cm³/mol. The molecule has 3 aromatic carbocycles. The molecule has 1 aromatic heterocycles. The van der Waals surface area contributed by atoms with Crippen molar-refractivity contribution >= 4 is 52.5 Å². The van der Waals surface area contributed by atoms with Crippen LogP contribution in [0.1, 0.15) is 113 Å². The van der Waals surface area contributed by atoms with Crippen LogP contribution < -0.4 is 37.1 Å². The van der Waals surface area contributed by atoms with Gasteiger partial charge >= 0.3 is 0 Å². The standard InChI is InChI=1S/C53H68N8O8S/c1-31(34-17-19-36(20-18-34)47-32(2)56-30-70-47)57-49(65)42-27-39(62)28-60(42)52(68)48(53(3,4)5)59-45(64)16-8-6-7-11-33-12-9-15-40(25-33)69-29-38(22-24-44(55)63)58-50(66)43-26-37-14-10-13-35-21-23-41(54)51(67)61(43)46(35)37/h9-10,12-15,17-20,25,30-31,38-39,41-43,48,62H,6-8,11,16,21-24,26-29,54H2,1-5H3,(H2,55,63)(H,57,65)(H,58,66)(H,59,64)/t31-,38-,39+,41-,42-,43-,48+/m0/s1. The molecule has 0 saturated carbocycles. The van der Waals surface area contributed by atoms with Gasteiger partial charge in [0.05, 0.1) is 46.0 Å². The fraction of sp³-hybridized carbons (Fsp3) is 0.491. The van der Waals surface area contributed by atoms with E-state index in [0.29, 0.717) is 31.4 Å². The fourth-order valence-corrected chi connectivity index (χ4v) is 10.5. The van der Waals surface area contributed by atoms with Gasteiger partial charge < -0.3 is 42.2 Å². The zero-order valence-electron chi connectivity index (χ0n) is 40.9. The van der Waals surface area contributed by atoms with E-state index >= 15 is 0 Å². The van der Waals surface area contributed by atoms with Gasteiger partial charge in [-0.15, -0.1) is 11.3 Å². The lowest BCUT2D eigenvalue weighted by Gasteiger charge is -2.35. The molecule has 6 amide bonds. The molecule has 3 aliphatic rings. The van der Waals surface area contributed by atoms with Crippen molar-refractivity contribution < 1.29 is 38.6 Å². The first-order valence-corrected chi connectivity index (χ1v) is 25.3. The number of rotatable bonds is 20. The molecule has 0 radical (unpaired) electrons. The molecule has 4 aromatic rings. The van der Waals surface area contributed by atoms with E-state index in [0.717, 1.165) is 63.3 Å². The summed E-state index contributed by atoms with van der Waals surface area (Å²) in [4.78, 5) is 88.7. The number of aliphatic hydroxyl groups is 1. The van der Waals surface area contributed by atoms with Gasteiger partial charge in [-0.3, -0.25) is 33.7 Å². The Labute approximate surface area is 414 Å². The zero-order chi connectivity index (χ0) is 50.3. The summed E-state index contributed by atoms with van der Waals surface area (Å²) in [6.07, 6.45) is 4.07. The minimum atomic E-state index is -0.919. The van der Waals surface area contributed by atoms with E-state index in [4.69, 9.17) is 16.2 Å². The van der Waals surface area contributed by atoms with Crippen molar-refractivity contribution in [1.82, 2.24) is 25.8 Å². The van der Waals surface area contributed by atoms with Crippen molar-refractivity contribution in [1.29, 1.82) is 0 Å². The van der Waals surface area contributed by atoms with Gasteiger partial charge in [-0.25, -0.2) is 4.98 Å². The summed E-state index contributed by atoms with van der Waals surface area (Å²) in [6.45, 7) is 9.51. The third kappa shape index (κ3) is 12.6. The van der Waals surface area contributed by atoms with Crippen LogP contribution in [-0.4, -0.2) is 99.9 Å². The highest BCUT2D eigenvalue weighted by atomic mass is 32.1. The molecule has 17 heteroatoms. The minimum Gasteiger partial charge on any atom is -0.491 e. The van der Waals surface area contributed by atoms with E-state index in [1.54, 1.807) is 16.2 Å². The van der Waals surface area contributed by atoms with Gasteiger partial charge in [0, 0.05) is 32.2 Å². The molecule has 1 fully saturated rings. The number of carbonyl (C=O) groups excluding carboxylic acids is 6. The Kier molecular flexibility index (Phi) is 16.8. The van der Waals surface area contributed by atoms with Crippen LogP contribution in [0.25, 0.3) is 10.4 Å². The number of carbonyl (C=O) groups is 6. The number of amides is 6. The summed E-state index contributed by atoms with van der Waals surface area (Å²) in [6, 6.07) is 17.2. The third-order valence-electron chi connectivity index (χ3n) is 13.6. The molecule has 3 aliphatic heterocycles. The third-order valence-corrected chi connectivity index (χ3v) is 14.6. The van der Waals surface area contributed by atoms with Crippen molar-refractivity contribution in [3.8, 4) is 16.2 Å². The Morgan fingerprint density at radius 3 is 2.37 bits per heavy atom. The minimum absolute atomic E-state index is 0.00991. The summed E-state index contributed by atoms with van der Waals surface area (Å²) in [7, 11) is 0. The summed E-state index contributed by atoms with van der Waals surface area (Å²) in [5.41, 5.74) is 19.5. The number of likely N-dealkylation sites (tertiary alicyclic amines) is 1. The van der Waals surface area contributed by atoms with Crippen molar-refractivity contribution in [3.63, 3.8) is 0 Å². The molecule has 0 unspecified atom stereocenters. The number of hydrogen-bond donors (Lipinski definition) is 6. The average Bonchev–Trinajstić information content (AvgIpc) is 4.04. The second-order valence-electron chi connectivity index (χ2n) is 20.1. The molecule has 16 nitrogen and oxygen atoms in total. The number of para-hydroxylation sites is 1. The molecule has 70 heavy (non-hydrogen) atoms. The number of unbranched alkanes of at least 4 members (excludes halogenated alkanes) is 2. The number of primary amides is 1. The largest absolute Gasteiger partial charge is 0.491 e. The van der Waals surface area contributed by atoms with E-state index < -0.39 is 53.5 Å². The number of aryl methyl sites for hydroxylation is 3. The Hall–Kier alpha value is -6.17. The van der Waals surface area contributed by atoms with Crippen LogP contribution in [0.3, 0.4) is 0 Å². The molecule has 8 N–H and O–H groups in total. The number of thiazole rings is 1. The average molecular weight is 977 g/mol. The van der Waals surface area contributed by atoms with Crippen molar-refractivity contribution in [2.45, 2.75) is 148 Å². The summed E-state index contributed by atoms with van der Waals surface area (Å²) >= 11 is 1.57. The topological polar surface area (TPSA) is 239 Å². The Bertz CT molecular complexity index is 2540. The number of hydrogen-bond acceptors (Lipinski definition) is 11. The molecule has 4 heterocycles. The predicted octanol–water partition coefficient (Wildman–Crippen LogP) is 4.95. The molecule has 0 bridgehead atoms. The van der Waals surface area contributed by atoms with E-state index in [9.17, 15) is 33.9 Å². The normalized spacial score (nSPS) is 20.0. The number of aromatic nitrogens is 1. The first-order chi connectivity index (χ1) is 33.4. The van der Waals surface area contributed by atoms with E-state index in [1.807, 2.05) is 107 Å². The Morgan fingerprint density at radius 2 is 1.66 bits per heavy atom. The van der Waals surface area contributed by atoms with Crippen molar-refractivity contribution in [2.24, 2.45) is 16.9 Å². The van der Waals surface area contributed by atoms with Gasteiger partial charge in [-0.05, 0) is 97.7 Å². The van der Waals surface area contributed by atoms with E-state index in [2.05, 4.69) is 20.9 Å². The van der Waals surface area contributed by atoms with Gasteiger partial charge in [0.15, 0.2) is 0 Å². The molecule has 374 valence electrons. The number of anilines is 1. The monoisotopic (exact) mass is 976 g/mol. The number of nitrogens with one attached hydrogen (secondary N) is 3. The first-order valence-electron chi connectivity index (χ1n) is 24.5. The van der Waals surface area contributed by atoms with E-state index in [-0.39, 0.29) is 68.5 Å². The lowest BCUT2D eigenvalue weighted by Crippen LogP contribution is -2.57. The molecule has 0 aliphatic carbocycles. The molecule has 1 saturated heterocycles. The maximum atomic E-state index is 14.2. The van der Waals surface area contributed by atoms with Gasteiger partial charge in [0.25, 0.3) is 0 Å². The first kappa shape index (κ1) is 51.7. The molecule has 7 atom stereocenters. The number of nitrogens with zero attached hydrogens (tertiary/aromatic N) is 3. The van der Waals surface area contributed by atoms with Gasteiger partial charge in [0.1, 0.15) is 30.5 Å². The quantitative estimate of drug-likeness (QED) is 0.0652. The van der Waals surface area contributed by atoms with Crippen molar-refractivity contribution in [2.75, 3.05) is 18.1 Å². The highest BCUT2D eigenvalue weighted by Crippen LogP contribution is 2.39. The van der Waals surface area contributed by atoms with Crippen LogP contribution in [0.15, 0.2) is 72.2 Å². The smallest absolute Gasteiger partial charge is 0.246 e. The lowest BCUT2D eigenvalue weighted by molar-refractivity contribution is -0.144. The maximum absolute atomic E-state index is 14.2. The van der Waals surface area contributed by atoms with Crippen LogP contribution >= 0.6 is 11.3 Å². The lowest BCUT2D eigenvalue weighted by atomic mass is 9.85.